The lowest BCUT2D eigenvalue weighted by atomic mass is 9.90. The molecule has 0 unspecified atom stereocenters. The van der Waals surface area contributed by atoms with E-state index in [-0.39, 0.29) is 40.3 Å². The molecular formula is C23H29ClFN3O4. The number of piperidine rings is 2. The van der Waals surface area contributed by atoms with E-state index in [9.17, 15) is 18.8 Å². The smallest absolute Gasteiger partial charge is 0.409 e. The summed E-state index contributed by atoms with van der Waals surface area (Å²) >= 11 is 5.81. The molecule has 0 radical (unpaired) electrons. The Morgan fingerprint density at radius 2 is 1.84 bits per heavy atom. The van der Waals surface area contributed by atoms with Crippen LogP contribution in [0.1, 0.15) is 49.4 Å². The summed E-state index contributed by atoms with van der Waals surface area (Å²) in [6, 6.07) is 4.11. The highest BCUT2D eigenvalue weighted by molar-refractivity contribution is 6.31. The highest BCUT2D eigenvalue weighted by Gasteiger charge is 2.58. The first-order valence-electron chi connectivity index (χ1n) is 11.3. The van der Waals surface area contributed by atoms with E-state index in [2.05, 4.69) is 5.32 Å². The first kappa shape index (κ1) is 22.8. The summed E-state index contributed by atoms with van der Waals surface area (Å²) in [6.45, 7) is 4.48. The average molecular weight is 466 g/mol. The van der Waals surface area contributed by atoms with Crippen molar-refractivity contribution in [2.45, 2.75) is 45.1 Å². The number of halogens is 2. The molecule has 2 saturated heterocycles. The Bertz CT molecular complexity index is 895. The third-order valence-corrected chi connectivity index (χ3v) is 7.38. The SMILES string of the molecule is CCOC(=O)N1CCC(NC(=O)[C@H]2CC23CCN(C(=O)c2ccc(F)c(Cl)c2)CC3)CC1. The van der Waals surface area contributed by atoms with Gasteiger partial charge >= 0.3 is 6.09 Å². The van der Waals surface area contributed by atoms with E-state index < -0.39 is 5.82 Å². The van der Waals surface area contributed by atoms with Gasteiger partial charge in [0.1, 0.15) is 5.82 Å². The van der Waals surface area contributed by atoms with Crippen molar-refractivity contribution in [3.8, 4) is 0 Å². The number of likely N-dealkylation sites (tertiary alicyclic amines) is 2. The van der Waals surface area contributed by atoms with Crippen LogP contribution in [-0.2, 0) is 9.53 Å². The minimum Gasteiger partial charge on any atom is -0.450 e. The minimum atomic E-state index is -0.542. The van der Waals surface area contributed by atoms with Gasteiger partial charge in [-0.25, -0.2) is 9.18 Å². The van der Waals surface area contributed by atoms with E-state index in [1.54, 1.807) is 16.7 Å². The topological polar surface area (TPSA) is 79.0 Å². The summed E-state index contributed by atoms with van der Waals surface area (Å²) in [5, 5.41) is 3.11. The molecule has 0 aromatic heterocycles. The average Bonchev–Trinajstić information content (AvgIpc) is 3.49. The molecule has 1 N–H and O–H groups in total. The van der Waals surface area contributed by atoms with Gasteiger partial charge in [0, 0.05) is 43.7 Å². The van der Waals surface area contributed by atoms with Crippen LogP contribution in [0.5, 0.6) is 0 Å². The molecule has 7 nitrogen and oxygen atoms in total. The monoisotopic (exact) mass is 465 g/mol. The van der Waals surface area contributed by atoms with Crippen molar-refractivity contribution in [3.05, 3.63) is 34.6 Å². The number of nitrogens with one attached hydrogen (secondary N) is 1. The molecule has 1 atom stereocenters. The zero-order valence-corrected chi connectivity index (χ0v) is 19.0. The number of carbonyl (C=O) groups is 3. The number of rotatable bonds is 4. The summed E-state index contributed by atoms with van der Waals surface area (Å²) < 4.78 is 18.4. The molecule has 1 saturated carbocycles. The van der Waals surface area contributed by atoms with Gasteiger partial charge in [-0.15, -0.1) is 0 Å². The van der Waals surface area contributed by atoms with Crippen molar-refractivity contribution < 1.29 is 23.5 Å². The van der Waals surface area contributed by atoms with Gasteiger partial charge in [0.2, 0.25) is 5.91 Å². The standard InChI is InChI=1S/C23H29ClFN3O4/c1-2-32-22(31)28-9-5-16(6-10-28)26-20(29)17-14-23(17)7-11-27(12-8-23)21(30)15-3-4-19(25)18(24)13-15/h3-4,13,16-17H,2,5-12,14H2,1H3,(H,26,29)/t17-/m1/s1. The molecule has 1 aromatic carbocycles. The number of amides is 3. The Hall–Kier alpha value is -2.35. The van der Waals surface area contributed by atoms with Gasteiger partial charge < -0.3 is 19.9 Å². The van der Waals surface area contributed by atoms with Gasteiger partial charge in [0.15, 0.2) is 0 Å². The van der Waals surface area contributed by atoms with Crippen LogP contribution in [0.2, 0.25) is 5.02 Å². The summed E-state index contributed by atoms with van der Waals surface area (Å²) in [5.74, 6) is -0.622. The lowest BCUT2D eigenvalue weighted by Gasteiger charge is -2.34. The van der Waals surface area contributed by atoms with E-state index in [0.717, 1.165) is 32.1 Å². The van der Waals surface area contributed by atoms with Gasteiger partial charge in [0.25, 0.3) is 5.91 Å². The molecule has 2 heterocycles. The first-order chi connectivity index (χ1) is 15.3. The second-order valence-electron chi connectivity index (χ2n) is 9.01. The van der Waals surface area contributed by atoms with Crippen LogP contribution in [0.25, 0.3) is 0 Å². The lowest BCUT2D eigenvalue weighted by Crippen LogP contribution is -2.47. The van der Waals surface area contributed by atoms with Crippen LogP contribution in [0.4, 0.5) is 9.18 Å². The molecule has 2 aliphatic heterocycles. The molecule has 174 valence electrons. The fourth-order valence-electron chi connectivity index (χ4n) is 4.96. The molecule has 3 aliphatic rings. The number of benzene rings is 1. The number of carbonyl (C=O) groups excluding carboxylic acids is 3. The molecule has 3 fully saturated rings. The summed E-state index contributed by atoms with van der Waals surface area (Å²) in [6.07, 6.45) is 3.59. The van der Waals surface area contributed by atoms with Crippen LogP contribution in [0, 0.1) is 17.2 Å². The number of hydrogen-bond donors (Lipinski definition) is 1. The van der Waals surface area contributed by atoms with Crippen LogP contribution in [0.3, 0.4) is 0 Å². The maximum Gasteiger partial charge on any atom is 0.409 e. The predicted molar refractivity (Wildman–Crippen MR) is 117 cm³/mol. The molecule has 0 bridgehead atoms. The zero-order chi connectivity index (χ0) is 22.9. The van der Waals surface area contributed by atoms with Crippen molar-refractivity contribution in [2.75, 3.05) is 32.8 Å². The van der Waals surface area contributed by atoms with Crippen LogP contribution >= 0.6 is 11.6 Å². The van der Waals surface area contributed by atoms with Crippen molar-refractivity contribution in [2.24, 2.45) is 11.3 Å². The predicted octanol–water partition coefficient (Wildman–Crippen LogP) is 3.46. The number of ether oxygens (including phenoxy) is 1. The summed E-state index contributed by atoms with van der Waals surface area (Å²) in [4.78, 5) is 40.8. The Balaban J connectivity index is 1.23. The van der Waals surface area contributed by atoms with E-state index in [0.29, 0.717) is 38.3 Å². The maximum atomic E-state index is 13.4. The van der Waals surface area contributed by atoms with Gasteiger partial charge in [-0.1, -0.05) is 11.6 Å². The second kappa shape index (κ2) is 9.25. The van der Waals surface area contributed by atoms with Crippen LogP contribution in [-0.4, -0.2) is 66.5 Å². The normalized spacial score (nSPS) is 22.5. The van der Waals surface area contributed by atoms with E-state index in [1.807, 2.05) is 0 Å². The van der Waals surface area contributed by atoms with Gasteiger partial charge in [0.05, 0.1) is 11.6 Å². The molecule has 4 rings (SSSR count). The Morgan fingerprint density at radius 1 is 1.16 bits per heavy atom. The second-order valence-corrected chi connectivity index (χ2v) is 9.42. The molecule has 1 aliphatic carbocycles. The van der Waals surface area contributed by atoms with Gasteiger partial charge in [-0.2, -0.15) is 0 Å². The molecule has 1 aromatic rings. The quantitative estimate of drug-likeness (QED) is 0.738. The summed E-state index contributed by atoms with van der Waals surface area (Å²) in [5.41, 5.74) is 0.360. The molecule has 9 heteroatoms. The Kier molecular flexibility index (Phi) is 6.60. The molecular weight excluding hydrogens is 437 g/mol. The van der Waals surface area contributed by atoms with Crippen LogP contribution in [0.15, 0.2) is 18.2 Å². The summed E-state index contributed by atoms with van der Waals surface area (Å²) in [7, 11) is 0. The first-order valence-corrected chi connectivity index (χ1v) is 11.7. The molecule has 3 amide bonds. The maximum absolute atomic E-state index is 13.4. The van der Waals surface area contributed by atoms with Gasteiger partial charge in [-0.05, 0) is 62.6 Å². The van der Waals surface area contributed by atoms with Crippen molar-refractivity contribution in [1.29, 1.82) is 0 Å². The molecule has 1 spiro atoms. The van der Waals surface area contributed by atoms with E-state index >= 15 is 0 Å². The van der Waals surface area contributed by atoms with Crippen molar-refractivity contribution >= 4 is 29.5 Å². The highest BCUT2D eigenvalue weighted by atomic mass is 35.5. The largest absolute Gasteiger partial charge is 0.450 e. The lowest BCUT2D eigenvalue weighted by molar-refractivity contribution is -0.124. The Morgan fingerprint density at radius 3 is 2.47 bits per heavy atom. The van der Waals surface area contributed by atoms with Crippen LogP contribution < -0.4 is 5.32 Å². The molecule has 32 heavy (non-hydrogen) atoms. The van der Waals surface area contributed by atoms with Crippen molar-refractivity contribution in [3.63, 3.8) is 0 Å². The van der Waals surface area contributed by atoms with E-state index in [1.165, 1.54) is 18.2 Å². The fourth-order valence-corrected chi connectivity index (χ4v) is 5.14. The Labute approximate surface area is 192 Å². The third-order valence-electron chi connectivity index (χ3n) is 7.09. The van der Waals surface area contributed by atoms with Crippen molar-refractivity contribution in [1.82, 2.24) is 15.1 Å². The zero-order valence-electron chi connectivity index (χ0n) is 18.2. The highest BCUT2D eigenvalue weighted by Crippen LogP contribution is 2.59. The fraction of sp³-hybridized carbons (Fsp3) is 0.609. The number of nitrogens with zero attached hydrogens (tertiary/aromatic N) is 2. The third kappa shape index (κ3) is 4.70. The van der Waals surface area contributed by atoms with E-state index in [4.69, 9.17) is 16.3 Å². The van der Waals surface area contributed by atoms with Gasteiger partial charge in [-0.3, -0.25) is 9.59 Å². The minimum absolute atomic E-state index is 0.0110. The number of hydrogen-bond acceptors (Lipinski definition) is 4.